The second-order valence-electron chi connectivity index (χ2n) is 4.26. The summed E-state index contributed by atoms with van der Waals surface area (Å²) in [5, 5.41) is 16.0. The van der Waals surface area contributed by atoms with Crippen molar-refractivity contribution in [1.82, 2.24) is 14.8 Å². The summed E-state index contributed by atoms with van der Waals surface area (Å²) >= 11 is 0. The Morgan fingerprint density at radius 1 is 1.50 bits per heavy atom. The molecule has 7 nitrogen and oxygen atoms in total. The van der Waals surface area contributed by atoms with Crippen LogP contribution in [0.25, 0.3) is 0 Å². The van der Waals surface area contributed by atoms with E-state index < -0.39 is 5.97 Å². The maximum atomic E-state index is 11.2. The summed E-state index contributed by atoms with van der Waals surface area (Å²) in [5.41, 5.74) is 0.953. The molecular formula is C13H12N4O3. The molecule has 3 rings (SSSR count). The van der Waals surface area contributed by atoms with Gasteiger partial charge in [0.15, 0.2) is 0 Å². The fraction of sp³-hybridized carbons (Fsp3) is 0.154. The van der Waals surface area contributed by atoms with Gasteiger partial charge in [-0.2, -0.15) is 10.1 Å². The number of allylic oxidation sites excluding steroid dienone is 1. The van der Waals surface area contributed by atoms with E-state index in [4.69, 9.17) is 9.84 Å². The van der Waals surface area contributed by atoms with Crippen LogP contribution in [0.1, 0.15) is 11.6 Å². The maximum Gasteiger partial charge on any atom is 0.352 e. The molecule has 0 fully saturated rings. The van der Waals surface area contributed by atoms with Crippen molar-refractivity contribution in [2.24, 2.45) is 0 Å². The van der Waals surface area contributed by atoms with E-state index in [9.17, 15) is 4.79 Å². The largest absolute Gasteiger partial charge is 0.497 e. The lowest BCUT2D eigenvalue weighted by Gasteiger charge is -2.22. The summed E-state index contributed by atoms with van der Waals surface area (Å²) in [7, 11) is 1.58. The van der Waals surface area contributed by atoms with Gasteiger partial charge in [0.1, 0.15) is 23.8 Å². The van der Waals surface area contributed by atoms with Crippen molar-refractivity contribution >= 4 is 11.9 Å². The van der Waals surface area contributed by atoms with Gasteiger partial charge in [-0.3, -0.25) is 0 Å². The second kappa shape index (κ2) is 4.69. The minimum Gasteiger partial charge on any atom is -0.497 e. The first-order chi connectivity index (χ1) is 9.69. The number of hydrogen-bond donors (Lipinski definition) is 2. The normalized spacial score (nSPS) is 16.9. The van der Waals surface area contributed by atoms with Crippen molar-refractivity contribution in [3.05, 3.63) is 47.9 Å². The first-order valence-electron chi connectivity index (χ1n) is 5.94. The fourth-order valence-corrected chi connectivity index (χ4v) is 2.12. The minimum atomic E-state index is -1.04. The van der Waals surface area contributed by atoms with E-state index in [1.807, 2.05) is 24.3 Å². The van der Waals surface area contributed by atoms with Crippen LogP contribution in [0.3, 0.4) is 0 Å². The molecule has 0 amide bonds. The van der Waals surface area contributed by atoms with Gasteiger partial charge in [-0.05, 0) is 23.8 Å². The van der Waals surface area contributed by atoms with Gasteiger partial charge in [-0.25, -0.2) is 9.48 Å². The number of carboxylic acid groups (broad SMARTS) is 1. The summed E-state index contributed by atoms with van der Waals surface area (Å²) in [4.78, 5) is 15.2. The zero-order valence-corrected chi connectivity index (χ0v) is 10.6. The third-order valence-electron chi connectivity index (χ3n) is 3.07. The first kappa shape index (κ1) is 12.2. The highest BCUT2D eigenvalue weighted by Crippen LogP contribution is 2.29. The van der Waals surface area contributed by atoms with Crippen LogP contribution < -0.4 is 10.1 Å². The molecule has 0 bridgehead atoms. The molecule has 0 saturated carbocycles. The number of carboxylic acids is 1. The average molecular weight is 272 g/mol. The van der Waals surface area contributed by atoms with Crippen molar-refractivity contribution < 1.29 is 14.6 Å². The number of ether oxygens (including phenoxy) is 1. The predicted octanol–water partition coefficient (Wildman–Crippen LogP) is 1.27. The molecule has 2 aromatic rings. The highest BCUT2D eigenvalue weighted by molar-refractivity contribution is 5.90. The van der Waals surface area contributed by atoms with Crippen molar-refractivity contribution in [3.8, 4) is 5.75 Å². The number of nitrogens with zero attached hydrogens (tertiary/aromatic N) is 3. The van der Waals surface area contributed by atoms with Crippen LogP contribution in [-0.4, -0.2) is 33.0 Å². The monoisotopic (exact) mass is 272 g/mol. The number of hydrogen-bond acceptors (Lipinski definition) is 5. The molecule has 7 heteroatoms. The number of fused-ring (bicyclic) bond motifs is 1. The van der Waals surface area contributed by atoms with E-state index in [1.165, 1.54) is 6.33 Å². The fourth-order valence-electron chi connectivity index (χ4n) is 2.12. The van der Waals surface area contributed by atoms with Crippen LogP contribution in [0.2, 0.25) is 0 Å². The molecule has 1 unspecified atom stereocenters. The molecular weight excluding hydrogens is 260 g/mol. The molecule has 20 heavy (non-hydrogen) atoms. The molecule has 0 spiro atoms. The van der Waals surface area contributed by atoms with E-state index in [0.29, 0.717) is 11.7 Å². The lowest BCUT2D eigenvalue weighted by atomic mass is 10.0. The maximum absolute atomic E-state index is 11.2. The number of methoxy groups -OCH3 is 1. The third-order valence-corrected chi connectivity index (χ3v) is 3.07. The highest BCUT2D eigenvalue weighted by Gasteiger charge is 2.25. The average Bonchev–Trinajstić information content (AvgIpc) is 2.94. The van der Waals surface area contributed by atoms with Crippen LogP contribution >= 0.6 is 0 Å². The highest BCUT2D eigenvalue weighted by atomic mass is 16.5. The summed E-state index contributed by atoms with van der Waals surface area (Å²) in [5.74, 6) is 0.0674. The minimum absolute atomic E-state index is 0.0818. The van der Waals surface area contributed by atoms with Gasteiger partial charge < -0.3 is 15.2 Å². The van der Waals surface area contributed by atoms with Crippen molar-refractivity contribution in [2.75, 3.05) is 12.4 Å². The molecule has 1 aromatic heterocycles. The van der Waals surface area contributed by atoms with Crippen LogP contribution in [0.15, 0.2) is 42.4 Å². The van der Waals surface area contributed by atoms with E-state index in [0.717, 1.165) is 5.56 Å². The Morgan fingerprint density at radius 3 is 3.10 bits per heavy atom. The van der Waals surface area contributed by atoms with Gasteiger partial charge in [-0.1, -0.05) is 12.1 Å². The molecule has 2 N–H and O–H groups in total. The molecule has 102 valence electrons. The molecule has 1 aliphatic rings. The van der Waals surface area contributed by atoms with Gasteiger partial charge in [0.05, 0.1) is 7.11 Å². The lowest BCUT2D eigenvalue weighted by Crippen LogP contribution is -2.24. The van der Waals surface area contributed by atoms with Gasteiger partial charge in [0, 0.05) is 0 Å². The van der Waals surface area contributed by atoms with E-state index in [1.54, 1.807) is 17.9 Å². The van der Waals surface area contributed by atoms with Gasteiger partial charge in [0.2, 0.25) is 5.95 Å². The Balaban J connectivity index is 2.09. The molecule has 1 aliphatic heterocycles. The summed E-state index contributed by atoms with van der Waals surface area (Å²) in [6.07, 6.45) is 2.98. The number of aliphatic carboxylic acids is 1. The lowest BCUT2D eigenvalue weighted by molar-refractivity contribution is -0.132. The van der Waals surface area contributed by atoms with Crippen LogP contribution in [-0.2, 0) is 4.79 Å². The number of carbonyl (C=O) groups is 1. The van der Waals surface area contributed by atoms with E-state index in [2.05, 4.69) is 15.4 Å². The Labute approximate surface area is 114 Å². The quantitative estimate of drug-likeness (QED) is 0.874. The number of nitrogens with one attached hydrogen (secondary N) is 1. The second-order valence-corrected chi connectivity index (χ2v) is 4.26. The van der Waals surface area contributed by atoms with Crippen molar-refractivity contribution in [1.29, 1.82) is 0 Å². The van der Waals surface area contributed by atoms with Crippen molar-refractivity contribution in [3.63, 3.8) is 0 Å². The molecule has 1 aromatic carbocycles. The Bertz CT molecular complexity index is 692. The smallest absolute Gasteiger partial charge is 0.352 e. The molecule has 1 atom stereocenters. The number of benzene rings is 1. The number of anilines is 1. The van der Waals surface area contributed by atoms with E-state index in [-0.39, 0.29) is 11.7 Å². The standard InChI is InChI=1S/C13H12N4O3/c1-20-9-4-2-3-8(5-9)11-6-10(12(18)19)16-13-14-7-15-17(11)13/h2-7,11H,1H3,(H,18,19)(H,14,15,16). The predicted molar refractivity (Wildman–Crippen MR) is 70.5 cm³/mol. The summed E-state index contributed by atoms with van der Waals surface area (Å²) in [6.45, 7) is 0. The van der Waals surface area contributed by atoms with E-state index >= 15 is 0 Å². The third kappa shape index (κ3) is 1.99. The van der Waals surface area contributed by atoms with Crippen molar-refractivity contribution in [2.45, 2.75) is 6.04 Å². The molecule has 0 radical (unpaired) electrons. The number of rotatable bonds is 3. The Kier molecular flexibility index (Phi) is 2.86. The zero-order valence-electron chi connectivity index (χ0n) is 10.6. The van der Waals surface area contributed by atoms with Crippen LogP contribution in [0.5, 0.6) is 5.75 Å². The zero-order chi connectivity index (χ0) is 14.1. The van der Waals surface area contributed by atoms with Gasteiger partial charge in [-0.15, -0.1) is 0 Å². The Morgan fingerprint density at radius 2 is 2.35 bits per heavy atom. The Hall–Kier alpha value is -2.83. The molecule has 0 aliphatic carbocycles. The van der Waals surface area contributed by atoms with Crippen LogP contribution in [0.4, 0.5) is 5.95 Å². The van der Waals surface area contributed by atoms with Gasteiger partial charge >= 0.3 is 5.97 Å². The summed E-state index contributed by atoms with van der Waals surface area (Å²) < 4.78 is 6.82. The first-order valence-corrected chi connectivity index (χ1v) is 5.94. The number of aromatic nitrogens is 3. The topological polar surface area (TPSA) is 89.3 Å². The molecule has 2 heterocycles. The van der Waals surface area contributed by atoms with Crippen LogP contribution in [0, 0.1) is 0 Å². The SMILES string of the molecule is COc1cccc(C2C=C(C(=O)O)Nc3ncnn32)c1. The molecule has 0 saturated heterocycles. The summed E-state index contributed by atoms with van der Waals surface area (Å²) in [6, 6.07) is 7.07. The van der Waals surface area contributed by atoms with Gasteiger partial charge in [0.25, 0.3) is 0 Å².